The van der Waals surface area contributed by atoms with Crippen molar-refractivity contribution in [3.8, 4) is 0 Å². The highest BCUT2D eigenvalue weighted by Crippen LogP contribution is 2.31. The summed E-state index contributed by atoms with van der Waals surface area (Å²) in [4.78, 5) is 28.5. The van der Waals surface area contributed by atoms with Crippen LogP contribution in [0.2, 0.25) is 0 Å². The predicted molar refractivity (Wildman–Crippen MR) is 138 cm³/mol. The van der Waals surface area contributed by atoms with Crippen molar-refractivity contribution < 1.29 is 9.59 Å². The Balaban J connectivity index is 0.00000289. The molecule has 4 rings (SSSR count). The van der Waals surface area contributed by atoms with Crippen LogP contribution in [0.1, 0.15) is 42.7 Å². The van der Waals surface area contributed by atoms with Crippen molar-refractivity contribution in [1.29, 1.82) is 0 Å². The number of nitrogens with one attached hydrogen (secondary N) is 4. The van der Waals surface area contributed by atoms with Crippen LogP contribution in [0.3, 0.4) is 0 Å². The summed E-state index contributed by atoms with van der Waals surface area (Å²) in [5.41, 5.74) is 3.90. The second-order valence-corrected chi connectivity index (χ2v) is 8.16. The van der Waals surface area contributed by atoms with E-state index in [1.807, 2.05) is 42.5 Å². The number of aliphatic imine (C=N–C) groups is 1. The number of fused-ring (bicyclic) bond motifs is 1. The van der Waals surface area contributed by atoms with Crippen molar-refractivity contribution in [2.75, 3.05) is 24.2 Å². The summed E-state index contributed by atoms with van der Waals surface area (Å²) in [6.07, 6.45) is 3.57. The van der Waals surface area contributed by atoms with E-state index in [1.165, 1.54) is 0 Å². The summed E-state index contributed by atoms with van der Waals surface area (Å²) in [7, 11) is 1.73. The molecule has 8 heteroatoms. The Bertz CT molecular complexity index is 990. The monoisotopic (exact) mass is 547 g/mol. The second-order valence-electron chi connectivity index (χ2n) is 8.16. The number of hydrogen-bond acceptors (Lipinski definition) is 3. The van der Waals surface area contributed by atoms with Gasteiger partial charge in [0.2, 0.25) is 11.8 Å². The highest BCUT2D eigenvalue weighted by molar-refractivity contribution is 14.0. The lowest BCUT2D eigenvalue weighted by molar-refractivity contribution is -0.122. The molecule has 2 amide bonds. The predicted octanol–water partition coefficient (Wildman–Crippen LogP) is 3.83. The molecule has 1 aliphatic carbocycles. The summed E-state index contributed by atoms with van der Waals surface area (Å²) >= 11 is 0. The van der Waals surface area contributed by atoms with Crippen LogP contribution in [0.4, 0.5) is 11.4 Å². The summed E-state index contributed by atoms with van der Waals surface area (Å²) in [5, 5.41) is 12.6. The molecule has 4 N–H and O–H groups in total. The largest absolute Gasteiger partial charge is 0.356 e. The standard InChI is InChI=1S/C24H29N5O2.HI/c1-25-24(27-15-18-13-22(30)29-21-11-3-2-10-20(18)21)26-14-16-6-4-9-19(12-16)28-23(31)17-7-5-8-17;/h2-4,6,9-12,17-18H,5,7-8,13-15H2,1H3,(H,28,31)(H,29,30)(H2,25,26,27);1H. The first-order valence-corrected chi connectivity index (χ1v) is 10.9. The minimum Gasteiger partial charge on any atom is -0.356 e. The fraction of sp³-hybridized carbons (Fsp3) is 0.375. The molecule has 0 radical (unpaired) electrons. The zero-order valence-electron chi connectivity index (χ0n) is 18.2. The SMILES string of the molecule is CN=C(NCc1cccc(NC(=O)C2CCC2)c1)NCC1CC(=O)Nc2ccccc21.I. The molecule has 0 saturated heterocycles. The molecular formula is C24H30IN5O2. The van der Waals surface area contributed by atoms with E-state index in [0.29, 0.717) is 25.5 Å². The Morgan fingerprint density at radius 1 is 1.12 bits per heavy atom. The normalized spacial score (nSPS) is 17.8. The van der Waals surface area contributed by atoms with Gasteiger partial charge in [-0.15, -0.1) is 24.0 Å². The Morgan fingerprint density at radius 2 is 1.94 bits per heavy atom. The molecule has 0 aromatic heterocycles. The number of rotatable bonds is 6. The van der Waals surface area contributed by atoms with E-state index < -0.39 is 0 Å². The van der Waals surface area contributed by atoms with Gasteiger partial charge >= 0.3 is 0 Å². The molecule has 1 heterocycles. The maximum absolute atomic E-state index is 12.2. The maximum atomic E-state index is 12.2. The van der Waals surface area contributed by atoms with Gasteiger partial charge in [-0.05, 0) is 42.2 Å². The first kappa shape index (κ1) is 24.0. The first-order chi connectivity index (χ1) is 15.1. The van der Waals surface area contributed by atoms with Gasteiger partial charge in [0.1, 0.15) is 0 Å². The van der Waals surface area contributed by atoms with Gasteiger partial charge in [-0.3, -0.25) is 14.6 Å². The molecule has 0 spiro atoms. The van der Waals surface area contributed by atoms with Gasteiger partial charge in [-0.1, -0.05) is 36.8 Å². The zero-order chi connectivity index (χ0) is 21.6. The third-order valence-corrected chi connectivity index (χ3v) is 5.98. The Morgan fingerprint density at radius 3 is 2.69 bits per heavy atom. The fourth-order valence-electron chi connectivity index (χ4n) is 3.98. The van der Waals surface area contributed by atoms with Gasteiger partial charge in [0.15, 0.2) is 5.96 Å². The molecule has 1 fully saturated rings. The number of benzene rings is 2. The van der Waals surface area contributed by atoms with Gasteiger partial charge in [0, 0.05) is 49.8 Å². The van der Waals surface area contributed by atoms with Crippen LogP contribution >= 0.6 is 24.0 Å². The van der Waals surface area contributed by atoms with E-state index in [9.17, 15) is 9.59 Å². The Labute approximate surface area is 205 Å². The Hall–Kier alpha value is -2.62. The van der Waals surface area contributed by atoms with Crippen LogP contribution in [-0.4, -0.2) is 31.4 Å². The molecular weight excluding hydrogens is 517 g/mol. The van der Waals surface area contributed by atoms with Crippen molar-refractivity contribution in [2.45, 2.75) is 38.1 Å². The second kappa shape index (κ2) is 11.3. The van der Waals surface area contributed by atoms with Crippen molar-refractivity contribution in [2.24, 2.45) is 10.9 Å². The minimum absolute atomic E-state index is 0. The van der Waals surface area contributed by atoms with Crippen LogP contribution in [0.25, 0.3) is 0 Å². The summed E-state index contributed by atoms with van der Waals surface area (Å²) in [6.45, 7) is 1.19. The topological polar surface area (TPSA) is 94.6 Å². The van der Waals surface area contributed by atoms with Gasteiger partial charge in [0.05, 0.1) is 0 Å². The lowest BCUT2D eigenvalue weighted by Gasteiger charge is -2.26. The van der Waals surface area contributed by atoms with Gasteiger partial charge in [-0.2, -0.15) is 0 Å². The minimum atomic E-state index is 0. The average molecular weight is 547 g/mol. The third kappa shape index (κ3) is 5.99. The molecule has 170 valence electrons. The molecule has 1 aliphatic heterocycles. The molecule has 2 aromatic rings. The number of amides is 2. The Kier molecular flexibility index (Phi) is 8.49. The summed E-state index contributed by atoms with van der Waals surface area (Å²) in [6, 6.07) is 15.8. The third-order valence-electron chi connectivity index (χ3n) is 5.98. The van der Waals surface area contributed by atoms with Crippen molar-refractivity contribution in [3.63, 3.8) is 0 Å². The van der Waals surface area contributed by atoms with E-state index in [1.54, 1.807) is 7.05 Å². The van der Waals surface area contributed by atoms with Gasteiger partial charge < -0.3 is 21.3 Å². The molecule has 32 heavy (non-hydrogen) atoms. The number of guanidine groups is 1. The molecule has 1 unspecified atom stereocenters. The van der Waals surface area contributed by atoms with Crippen LogP contribution in [0, 0.1) is 5.92 Å². The molecule has 2 aliphatic rings. The van der Waals surface area contributed by atoms with Crippen molar-refractivity contribution in [1.82, 2.24) is 10.6 Å². The maximum Gasteiger partial charge on any atom is 0.227 e. The number of nitrogens with zero attached hydrogens (tertiary/aromatic N) is 1. The quantitative estimate of drug-likeness (QED) is 0.251. The number of halogens is 1. The van der Waals surface area contributed by atoms with E-state index in [4.69, 9.17) is 0 Å². The van der Waals surface area contributed by atoms with Crippen molar-refractivity contribution in [3.05, 3.63) is 59.7 Å². The number of carbonyl (C=O) groups is 2. The van der Waals surface area contributed by atoms with Crippen LogP contribution in [0.5, 0.6) is 0 Å². The fourth-order valence-corrected chi connectivity index (χ4v) is 3.98. The average Bonchev–Trinajstić information content (AvgIpc) is 2.72. The molecule has 1 atom stereocenters. The molecule has 2 aromatic carbocycles. The number of anilines is 2. The molecule has 0 bridgehead atoms. The van der Waals surface area contributed by atoms with E-state index >= 15 is 0 Å². The van der Waals surface area contributed by atoms with E-state index in [2.05, 4.69) is 32.3 Å². The lowest BCUT2D eigenvalue weighted by Crippen LogP contribution is -2.40. The lowest BCUT2D eigenvalue weighted by atomic mass is 9.85. The van der Waals surface area contributed by atoms with Gasteiger partial charge in [-0.25, -0.2) is 0 Å². The van der Waals surface area contributed by atoms with Crippen LogP contribution in [0.15, 0.2) is 53.5 Å². The van der Waals surface area contributed by atoms with Crippen molar-refractivity contribution >= 4 is 53.1 Å². The zero-order valence-corrected chi connectivity index (χ0v) is 20.5. The summed E-state index contributed by atoms with van der Waals surface area (Å²) < 4.78 is 0. The smallest absolute Gasteiger partial charge is 0.227 e. The van der Waals surface area contributed by atoms with E-state index in [0.717, 1.165) is 41.8 Å². The molecule has 7 nitrogen and oxygen atoms in total. The highest BCUT2D eigenvalue weighted by Gasteiger charge is 2.26. The summed E-state index contributed by atoms with van der Waals surface area (Å²) in [5.74, 6) is 1.08. The number of para-hydroxylation sites is 1. The van der Waals surface area contributed by atoms with Gasteiger partial charge in [0.25, 0.3) is 0 Å². The number of hydrogen-bond donors (Lipinski definition) is 4. The van der Waals surface area contributed by atoms with E-state index in [-0.39, 0.29) is 47.6 Å². The number of carbonyl (C=O) groups excluding carboxylic acids is 2. The van der Waals surface area contributed by atoms with Crippen LogP contribution < -0.4 is 21.3 Å². The van der Waals surface area contributed by atoms with Crippen LogP contribution in [-0.2, 0) is 16.1 Å². The molecule has 1 saturated carbocycles. The first-order valence-electron chi connectivity index (χ1n) is 10.9. The highest BCUT2D eigenvalue weighted by atomic mass is 127.